The normalized spacial score (nSPS) is 25.2. The quantitative estimate of drug-likeness (QED) is 0.295. The fourth-order valence-electron chi connectivity index (χ4n) is 6.79. The van der Waals surface area contributed by atoms with E-state index in [0.29, 0.717) is 11.1 Å². The first-order chi connectivity index (χ1) is 15.5. The molecule has 2 unspecified atom stereocenters. The van der Waals surface area contributed by atoms with Gasteiger partial charge in [0.1, 0.15) is 0 Å². The Kier molecular flexibility index (Phi) is 3.41. The van der Waals surface area contributed by atoms with Gasteiger partial charge in [-0.25, -0.2) is 0 Å². The molecular weight excluding hydrogens is 392 g/mol. The molecule has 3 aliphatic carbocycles. The van der Waals surface area contributed by atoms with Gasteiger partial charge in [0.05, 0.1) is 0 Å². The van der Waals surface area contributed by atoms with Gasteiger partial charge in [-0.2, -0.15) is 0 Å². The SMILES string of the molecule is CC(C)=C1[C@@H]2c3cc4ccccc4cc3[C@H]1C1C(=O)c3cc4ccccc4cc3C(=O)C12. The Labute approximate surface area is 186 Å². The minimum Gasteiger partial charge on any atom is -0.294 e. The van der Waals surface area contributed by atoms with Crippen LogP contribution in [-0.4, -0.2) is 11.6 Å². The fourth-order valence-corrected chi connectivity index (χ4v) is 6.79. The van der Waals surface area contributed by atoms with Crippen LogP contribution < -0.4 is 0 Å². The minimum atomic E-state index is -0.292. The number of benzene rings is 4. The second kappa shape index (κ2) is 6.04. The van der Waals surface area contributed by atoms with Gasteiger partial charge in [0.25, 0.3) is 0 Å². The summed E-state index contributed by atoms with van der Waals surface area (Å²) in [5.41, 5.74) is 6.25. The lowest BCUT2D eigenvalue weighted by atomic mass is 9.65. The number of rotatable bonds is 0. The molecule has 0 amide bonds. The number of fused-ring (bicyclic) bond motifs is 11. The zero-order valence-electron chi connectivity index (χ0n) is 18.1. The van der Waals surface area contributed by atoms with Gasteiger partial charge in [-0.05, 0) is 58.7 Å². The van der Waals surface area contributed by atoms with Crippen LogP contribution in [0.1, 0.15) is 57.5 Å². The molecule has 4 aromatic carbocycles. The van der Waals surface area contributed by atoms with Crippen molar-refractivity contribution in [1.82, 2.24) is 0 Å². The third-order valence-corrected chi connectivity index (χ3v) is 8.00. The number of hydrogen-bond donors (Lipinski definition) is 0. The predicted octanol–water partition coefficient (Wildman–Crippen LogP) is 6.84. The molecule has 4 aromatic rings. The molecule has 0 spiro atoms. The Balaban J connectivity index is 1.50. The third kappa shape index (κ3) is 2.10. The van der Waals surface area contributed by atoms with Crippen LogP contribution in [0.2, 0.25) is 0 Å². The standard InChI is InChI=1S/C30H22O2/c1-15(2)24-25-20-11-16-7-3-4-8-17(16)12-21(20)26(24)28-27(25)29(31)22-13-18-9-5-6-10-19(18)14-23(22)30(28)32/h3-14,25-28H,1-2H3/t25-,26+,27?,28?. The van der Waals surface area contributed by atoms with Crippen LogP contribution in [-0.2, 0) is 0 Å². The van der Waals surface area contributed by atoms with Crippen molar-refractivity contribution < 1.29 is 9.59 Å². The molecule has 3 aliphatic rings. The van der Waals surface area contributed by atoms with Crippen molar-refractivity contribution in [2.45, 2.75) is 25.7 Å². The van der Waals surface area contributed by atoms with E-state index in [4.69, 9.17) is 0 Å². The zero-order chi connectivity index (χ0) is 21.7. The highest BCUT2D eigenvalue weighted by atomic mass is 16.1. The van der Waals surface area contributed by atoms with Crippen molar-refractivity contribution in [2.75, 3.05) is 0 Å². The number of carbonyl (C=O) groups excluding carboxylic acids is 2. The van der Waals surface area contributed by atoms with Gasteiger partial charge in [-0.3, -0.25) is 9.59 Å². The average Bonchev–Trinajstić information content (AvgIpc) is 3.32. The molecule has 2 heteroatoms. The monoisotopic (exact) mass is 414 g/mol. The lowest BCUT2D eigenvalue weighted by molar-refractivity contribution is 0.0733. The zero-order valence-corrected chi connectivity index (χ0v) is 18.1. The largest absolute Gasteiger partial charge is 0.294 e. The molecule has 1 saturated carbocycles. The van der Waals surface area contributed by atoms with Gasteiger partial charge >= 0.3 is 0 Å². The summed E-state index contributed by atoms with van der Waals surface area (Å²) >= 11 is 0. The van der Waals surface area contributed by atoms with E-state index in [2.05, 4.69) is 50.2 Å². The van der Waals surface area contributed by atoms with Crippen LogP contribution in [0, 0.1) is 11.8 Å². The Hall–Kier alpha value is -3.52. The van der Waals surface area contributed by atoms with Crippen molar-refractivity contribution >= 4 is 33.1 Å². The molecule has 7 rings (SSSR count). The van der Waals surface area contributed by atoms with E-state index in [1.807, 2.05) is 36.4 Å². The van der Waals surface area contributed by atoms with Crippen molar-refractivity contribution in [3.05, 3.63) is 106 Å². The van der Waals surface area contributed by atoms with E-state index in [1.165, 1.54) is 33.0 Å². The summed E-state index contributed by atoms with van der Waals surface area (Å²) < 4.78 is 0. The van der Waals surface area contributed by atoms with Crippen molar-refractivity contribution in [3.63, 3.8) is 0 Å². The van der Waals surface area contributed by atoms with Crippen LogP contribution in [0.5, 0.6) is 0 Å². The second-order valence-corrected chi connectivity index (χ2v) is 9.76. The molecule has 1 fully saturated rings. The summed E-state index contributed by atoms with van der Waals surface area (Å²) in [7, 11) is 0. The van der Waals surface area contributed by atoms with Crippen LogP contribution in [0.4, 0.5) is 0 Å². The Morgan fingerprint density at radius 3 is 1.34 bits per heavy atom. The van der Waals surface area contributed by atoms with Gasteiger partial charge in [-0.15, -0.1) is 0 Å². The maximum absolute atomic E-state index is 13.9. The summed E-state index contributed by atoms with van der Waals surface area (Å²) in [5, 5.41) is 4.43. The minimum absolute atomic E-state index is 0.00526. The van der Waals surface area contributed by atoms with Crippen LogP contribution in [0.25, 0.3) is 21.5 Å². The Morgan fingerprint density at radius 2 is 0.969 bits per heavy atom. The number of carbonyl (C=O) groups is 2. The first-order valence-electron chi connectivity index (χ1n) is 11.4. The average molecular weight is 415 g/mol. The van der Waals surface area contributed by atoms with Gasteiger partial charge < -0.3 is 0 Å². The van der Waals surface area contributed by atoms with Gasteiger partial charge in [0.2, 0.25) is 0 Å². The van der Waals surface area contributed by atoms with E-state index < -0.39 is 0 Å². The van der Waals surface area contributed by atoms with E-state index in [1.54, 1.807) is 0 Å². The summed E-state index contributed by atoms with van der Waals surface area (Å²) in [6.45, 7) is 4.27. The number of Topliss-reactive ketones (excluding diaryl/α,β-unsaturated/α-hetero) is 2. The van der Waals surface area contributed by atoms with Gasteiger partial charge in [-0.1, -0.05) is 71.8 Å². The highest BCUT2D eigenvalue weighted by Crippen LogP contribution is 2.66. The first kappa shape index (κ1) is 18.1. The van der Waals surface area contributed by atoms with E-state index in [9.17, 15) is 9.59 Å². The molecule has 32 heavy (non-hydrogen) atoms. The molecule has 0 aromatic heterocycles. The topological polar surface area (TPSA) is 34.1 Å². The molecule has 4 atom stereocenters. The second-order valence-electron chi connectivity index (χ2n) is 9.76. The molecule has 0 N–H and O–H groups in total. The van der Waals surface area contributed by atoms with Crippen molar-refractivity contribution in [3.8, 4) is 0 Å². The maximum Gasteiger partial charge on any atom is 0.168 e. The molecular formula is C30H22O2. The fraction of sp³-hybridized carbons (Fsp3) is 0.200. The maximum atomic E-state index is 13.9. The summed E-state index contributed by atoms with van der Waals surface area (Å²) in [5.74, 6) is -0.295. The molecule has 154 valence electrons. The number of hydrogen-bond acceptors (Lipinski definition) is 2. The molecule has 2 nitrogen and oxygen atoms in total. The van der Waals surface area contributed by atoms with Crippen LogP contribution in [0.3, 0.4) is 0 Å². The smallest absolute Gasteiger partial charge is 0.168 e. The number of ketones is 2. The summed E-state index contributed by atoms with van der Waals surface area (Å²) in [4.78, 5) is 27.9. The van der Waals surface area contributed by atoms with Crippen LogP contribution >= 0.6 is 0 Å². The lowest BCUT2D eigenvalue weighted by Crippen LogP contribution is -2.39. The van der Waals surface area contributed by atoms with Gasteiger partial charge in [0.15, 0.2) is 11.6 Å². The van der Waals surface area contributed by atoms with Crippen molar-refractivity contribution in [2.24, 2.45) is 11.8 Å². The van der Waals surface area contributed by atoms with Crippen LogP contribution in [0.15, 0.2) is 83.9 Å². The highest BCUT2D eigenvalue weighted by Gasteiger charge is 2.61. The van der Waals surface area contributed by atoms with Crippen molar-refractivity contribution in [1.29, 1.82) is 0 Å². The Morgan fingerprint density at radius 1 is 0.594 bits per heavy atom. The van der Waals surface area contributed by atoms with E-state index in [-0.39, 0.29) is 35.2 Å². The molecule has 0 heterocycles. The first-order valence-corrected chi connectivity index (χ1v) is 11.4. The Bertz CT molecular complexity index is 1440. The number of allylic oxidation sites excluding steroid dienone is 2. The summed E-state index contributed by atoms with van der Waals surface area (Å²) in [6.07, 6.45) is 0. The molecule has 0 aliphatic heterocycles. The highest BCUT2D eigenvalue weighted by molar-refractivity contribution is 6.20. The summed E-state index contributed by atoms with van der Waals surface area (Å²) in [6, 6.07) is 24.8. The van der Waals surface area contributed by atoms with Gasteiger partial charge in [0, 0.05) is 34.8 Å². The van der Waals surface area contributed by atoms with E-state index >= 15 is 0 Å². The third-order valence-electron chi connectivity index (χ3n) is 8.00. The molecule has 0 radical (unpaired) electrons. The molecule has 2 bridgehead atoms. The predicted molar refractivity (Wildman–Crippen MR) is 127 cm³/mol. The molecule has 0 saturated heterocycles. The lowest BCUT2D eigenvalue weighted by Gasteiger charge is -2.34. The van der Waals surface area contributed by atoms with E-state index in [0.717, 1.165) is 10.8 Å².